The molecule has 0 bridgehead atoms. The molecule has 0 radical (unpaired) electrons. The minimum absolute atomic E-state index is 0.0209. The molecule has 196 valence electrons. The summed E-state index contributed by atoms with van der Waals surface area (Å²) >= 11 is 1.18. The van der Waals surface area contributed by atoms with E-state index in [0.717, 1.165) is 34.3 Å². The van der Waals surface area contributed by atoms with Gasteiger partial charge in [-0.25, -0.2) is 13.2 Å². The monoisotopic (exact) mass is 531 g/mol. The summed E-state index contributed by atoms with van der Waals surface area (Å²) in [5.74, 6) is -0.470. The van der Waals surface area contributed by atoms with Gasteiger partial charge >= 0.3 is 5.97 Å². The van der Waals surface area contributed by atoms with Gasteiger partial charge in [-0.1, -0.05) is 76.7 Å². The zero-order chi connectivity index (χ0) is 26.9. The number of carbonyl (C=O) groups is 1. The molecule has 0 saturated heterocycles. The Morgan fingerprint density at radius 3 is 2.33 bits per heavy atom. The minimum atomic E-state index is -3.45. The topological polar surface area (TPSA) is 92.7 Å². The van der Waals surface area contributed by atoms with Gasteiger partial charge in [0.1, 0.15) is 16.3 Å². The Hall–Kier alpha value is -2.45. The van der Waals surface area contributed by atoms with E-state index in [-0.39, 0.29) is 28.4 Å². The summed E-state index contributed by atoms with van der Waals surface area (Å²) in [5, 5.41) is 11.1. The van der Waals surface area contributed by atoms with Gasteiger partial charge in [0.2, 0.25) is 10.0 Å². The van der Waals surface area contributed by atoms with Crippen molar-refractivity contribution in [2.45, 2.75) is 76.7 Å². The third-order valence-corrected chi connectivity index (χ3v) is 8.34. The van der Waals surface area contributed by atoms with Crippen molar-refractivity contribution >= 4 is 33.4 Å². The molecule has 0 fully saturated rings. The molecule has 2 N–H and O–H groups in total. The molecule has 0 spiro atoms. The fourth-order valence-corrected chi connectivity index (χ4v) is 6.24. The third-order valence-electron chi connectivity index (χ3n) is 6.58. The quantitative estimate of drug-likeness (QED) is 0.378. The summed E-state index contributed by atoms with van der Waals surface area (Å²) < 4.78 is 32.3. The van der Waals surface area contributed by atoms with Crippen LogP contribution in [0.3, 0.4) is 0 Å². The molecule has 2 aromatic rings. The van der Waals surface area contributed by atoms with Crippen molar-refractivity contribution in [3.63, 3.8) is 0 Å². The first kappa shape index (κ1) is 28.1. The van der Waals surface area contributed by atoms with Gasteiger partial charge in [0, 0.05) is 11.3 Å². The van der Waals surface area contributed by atoms with E-state index in [1.165, 1.54) is 11.8 Å². The van der Waals surface area contributed by atoms with E-state index < -0.39 is 21.6 Å². The lowest BCUT2D eigenvalue weighted by molar-refractivity contribution is -0.164. The zero-order valence-corrected chi connectivity index (χ0v) is 23.8. The number of thioether (sulfide) groups is 1. The Morgan fingerprint density at radius 2 is 1.81 bits per heavy atom. The molecule has 0 saturated carbocycles. The van der Waals surface area contributed by atoms with E-state index in [0.29, 0.717) is 12.1 Å². The molecule has 36 heavy (non-hydrogen) atoms. The number of cyclic esters (lactones) is 1. The maximum atomic E-state index is 13.3. The first-order valence-electron chi connectivity index (χ1n) is 12.1. The van der Waals surface area contributed by atoms with Gasteiger partial charge < -0.3 is 9.84 Å². The fraction of sp³-hybridized carbons (Fsp3) is 0.464. The second-order valence-corrected chi connectivity index (χ2v) is 13.7. The van der Waals surface area contributed by atoms with Crippen LogP contribution in [-0.4, -0.2) is 31.4 Å². The van der Waals surface area contributed by atoms with E-state index in [9.17, 15) is 18.3 Å². The molecule has 2 aromatic carbocycles. The molecule has 3 rings (SSSR count). The number of nitrogens with one attached hydrogen (secondary N) is 1. The highest BCUT2D eigenvalue weighted by Gasteiger charge is 2.44. The van der Waals surface area contributed by atoms with Crippen LogP contribution in [0.15, 0.2) is 58.0 Å². The summed E-state index contributed by atoms with van der Waals surface area (Å²) in [6.07, 6.45) is 2.72. The number of esters is 1. The summed E-state index contributed by atoms with van der Waals surface area (Å²) in [6.45, 7) is 11.9. The normalized spacial score (nSPS) is 18.9. The number of ether oxygens (including phenoxy) is 1. The average Bonchev–Trinajstić information content (AvgIpc) is 2.75. The highest BCUT2D eigenvalue weighted by atomic mass is 32.2. The molecule has 1 aliphatic rings. The van der Waals surface area contributed by atoms with Crippen LogP contribution in [0.5, 0.6) is 0 Å². The summed E-state index contributed by atoms with van der Waals surface area (Å²) in [7, 11) is -3.45. The van der Waals surface area contributed by atoms with Crippen molar-refractivity contribution in [3.8, 4) is 0 Å². The van der Waals surface area contributed by atoms with Crippen LogP contribution >= 0.6 is 11.8 Å². The van der Waals surface area contributed by atoms with Gasteiger partial charge in [0.15, 0.2) is 0 Å². The van der Waals surface area contributed by atoms with Crippen LogP contribution in [-0.2, 0) is 31.4 Å². The Labute approximate surface area is 219 Å². The van der Waals surface area contributed by atoms with Crippen LogP contribution in [0.1, 0.15) is 64.2 Å². The third kappa shape index (κ3) is 6.65. The molecule has 1 aliphatic heterocycles. The van der Waals surface area contributed by atoms with Crippen LogP contribution in [0.2, 0.25) is 0 Å². The second kappa shape index (κ2) is 10.5. The molecular formula is C28H37NO5S2. The van der Waals surface area contributed by atoms with E-state index in [1.54, 1.807) is 0 Å². The van der Waals surface area contributed by atoms with Crippen molar-refractivity contribution in [1.29, 1.82) is 0 Å². The molecular weight excluding hydrogens is 494 g/mol. The lowest BCUT2D eigenvalue weighted by Crippen LogP contribution is -2.44. The number of aliphatic hydroxyl groups is 1. The number of sulfonamides is 1. The number of carbonyl (C=O) groups excluding carboxylic acids is 1. The van der Waals surface area contributed by atoms with Crippen molar-refractivity contribution in [3.05, 3.63) is 69.8 Å². The van der Waals surface area contributed by atoms with Crippen LogP contribution < -0.4 is 4.72 Å². The molecule has 1 unspecified atom stereocenters. The summed E-state index contributed by atoms with van der Waals surface area (Å²) in [6, 6.07) is 13.7. The number of hydrogen-bond acceptors (Lipinski definition) is 6. The maximum absolute atomic E-state index is 13.3. The van der Waals surface area contributed by atoms with Gasteiger partial charge in [0.05, 0.1) is 11.9 Å². The number of aryl methyl sites for hydroxylation is 2. The van der Waals surface area contributed by atoms with E-state index >= 15 is 0 Å². The fourth-order valence-electron chi connectivity index (χ4n) is 4.37. The number of aliphatic hydroxyl groups excluding tert-OH is 1. The second-order valence-electron chi connectivity index (χ2n) is 10.9. The van der Waals surface area contributed by atoms with Gasteiger partial charge in [-0.05, 0) is 59.9 Å². The Bertz CT molecular complexity index is 1260. The first-order valence-corrected chi connectivity index (χ1v) is 14.8. The molecule has 0 aromatic heterocycles. The van der Waals surface area contributed by atoms with Crippen LogP contribution in [0.4, 0.5) is 5.69 Å². The van der Waals surface area contributed by atoms with Crippen molar-refractivity contribution in [1.82, 2.24) is 0 Å². The SMILES string of the molecule is Cc1cc(SC2=C(O)CC(CCc3ccccc3)(C(C)C)OC2=O)c(C(C)(C)C)cc1NS(C)(=O)=O. The summed E-state index contributed by atoms with van der Waals surface area (Å²) in [4.78, 5) is 14.2. The molecule has 8 heteroatoms. The predicted molar refractivity (Wildman–Crippen MR) is 147 cm³/mol. The minimum Gasteiger partial charge on any atom is -0.511 e. The predicted octanol–water partition coefficient (Wildman–Crippen LogP) is 6.50. The number of hydrogen-bond donors (Lipinski definition) is 2. The van der Waals surface area contributed by atoms with Gasteiger partial charge in [-0.3, -0.25) is 4.72 Å². The smallest absolute Gasteiger partial charge is 0.349 e. The summed E-state index contributed by atoms with van der Waals surface area (Å²) in [5.41, 5.74) is 2.12. The molecule has 6 nitrogen and oxygen atoms in total. The van der Waals surface area contributed by atoms with E-state index in [1.807, 2.05) is 84.0 Å². The largest absolute Gasteiger partial charge is 0.511 e. The molecule has 1 heterocycles. The lowest BCUT2D eigenvalue weighted by atomic mass is 9.80. The highest BCUT2D eigenvalue weighted by Crippen LogP contribution is 2.45. The van der Waals surface area contributed by atoms with Crippen molar-refractivity contribution in [2.75, 3.05) is 11.0 Å². The first-order chi connectivity index (χ1) is 16.6. The van der Waals surface area contributed by atoms with E-state index in [2.05, 4.69) is 4.72 Å². The lowest BCUT2D eigenvalue weighted by Gasteiger charge is -2.40. The Balaban J connectivity index is 1.95. The van der Waals surface area contributed by atoms with Crippen molar-refractivity contribution in [2.24, 2.45) is 5.92 Å². The number of rotatable bonds is 8. The Kier molecular flexibility index (Phi) is 8.20. The average molecular weight is 532 g/mol. The zero-order valence-electron chi connectivity index (χ0n) is 22.1. The standard InChI is InChI=1S/C28H37NO5S2/c1-18(2)28(14-13-20-11-9-8-10-12-20)17-23(30)25(26(31)34-28)35-24-15-19(3)22(29-36(7,32)33)16-21(24)27(4,5)6/h8-12,15-16,18,29-30H,13-14,17H2,1-7H3. The maximum Gasteiger partial charge on any atom is 0.349 e. The van der Waals surface area contributed by atoms with E-state index in [4.69, 9.17) is 4.74 Å². The van der Waals surface area contributed by atoms with Gasteiger partial charge in [-0.15, -0.1) is 0 Å². The highest BCUT2D eigenvalue weighted by molar-refractivity contribution is 8.04. The molecule has 0 amide bonds. The molecule has 1 atom stereocenters. The van der Waals surface area contributed by atoms with Crippen LogP contribution in [0.25, 0.3) is 0 Å². The number of anilines is 1. The van der Waals surface area contributed by atoms with Gasteiger partial charge in [-0.2, -0.15) is 0 Å². The van der Waals surface area contributed by atoms with Gasteiger partial charge in [0.25, 0.3) is 0 Å². The van der Waals surface area contributed by atoms with Crippen LogP contribution in [0, 0.1) is 12.8 Å². The Morgan fingerprint density at radius 1 is 1.17 bits per heavy atom. The van der Waals surface area contributed by atoms with Crippen molar-refractivity contribution < 1.29 is 23.1 Å². The number of benzene rings is 2. The molecule has 0 aliphatic carbocycles.